The van der Waals surface area contributed by atoms with Crippen molar-refractivity contribution in [3.63, 3.8) is 0 Å². The van der Waals surface area contributed by atoms with E-state index in [1.807, 2.05) is 13.0 Å². The third-order valence-electron chi connectivity index (χ3n) is 4.38. The van der Waals surface area contributed by atoms with Crippen LogP contribution in [0.3, 0.4) is 0 Å². The Hall–Kier alpha value is -2.13. The lowest BCUT2D eigenvalue weighted by atomic mass is 10.1. The molecule has 1 aliphatic rings. The molecule has 1 aromatic heterocycles. The Morgan fingerprint density at radius 2 is 1.80 bits per heavy atom. The third-order valence-corrected chi connectivity index (χ3v) is 6.46. The molecular weight excluding hydrogens is 344 g/mol. The number of benzene rings is 1. The van der Waals surface area contributed by atoms with Gasteiger partial charge in [-0.05, 0) is 24.1 Å². The van der Waals surface area contributed by atoms with Crippen LogP contribution in [0.15, 0.2) is 23.0 Å². The predicted molar refractivity (Wildman–Crippen MR) is 94.9 cm³/mol. The molecule has 2 N–H and O–H groups in total. The molecule has 1 saturated heterocycles. The second kappa shape index (κ2) is 7.01. The lowest BCUT2D eigenvalue weighted by Crippen LogP contribution is -2.51. The molecule has 1 aromatic carbocycles. The van der Waals surface area contributed by atoms with E-state index < -0.39 is 10.0 Å². The first-order valence-corrected chi connectivity index (χ1v) is 9.96. The standard InChI is InChI=1S/C16H22N4O4S/c1-2-9-25(23,24)20-7-5-19(6-8-20)15(21)11-12-3-4-13-14(10-12)18-16(22)17-13/h3-4,10H,2,5-9,11H2,1H3,(H2,17,18,22). The molecular formula is C16H22N4O4S. The molecule has 9 heteroatoms. The van der Waals surface area contributed by atoms with Crippen molar-refractivity contribution in [3.8, 4) is 0 Å². The summed E-state index contributed by atoms with van der Waals surface area (Å²) in [7, 11) is -3.21. The van der Waals surface area contributed by atoms with E-state index in [0.29, 0.717) is 43.6 Å². The van der Waals surface area contributed by atoms with E-state index in [9.17, 15) is 18.0 Å². The van der Waals surface area contributed by atoms with Crippen molar-refractivity contribution in [2.75, 3.05) is 31.9 Å². The minimum Gasteiger partial charge on any atom is -0.340 e. The van der Waals surface area contributed by atoms with Crippen molar-refractivity contribution >= 4 is 27.0 Å². The summed E-state index contributed by atoms with van der Waals surface area (Å²) in [6.45, 7) is 3.35. The average Bonchev–Trinajstić information content (AvgIpc) is 2.94. The van der Waals surface area contributed by atoms with Gasteiger partial charge in [-0.25, -0.2) is 13.2 Å². The molecule has 0 atom stereocenters. The molecule has 2 heterocycles. The van der Waals surface area contributed by atoms with Crippen molar-refractivity contribution in [2.24, 2.45) is 0 Å². The minimum absolute atomic E-state index is 0.0372. The van der Waals surface area contributed by atoms with E-state index in [1.165, 1.54) is 4.31 Å². The normalized spacial score (nSPS) is 16.4. The summed E-state index contributed by atoms with van der Waals surface area (Å²) in [4.78, 5) is 30.8. The van der Waals surface area contributed by atoms with Crippen LogP contribution in [0.5, 0.6) is 0 Å². The van der Waals surface area contributed by atoms with Gasteiger partial charge in [0.15, 0.2) is 0 Å². The first-order valence-electron chi connectivity index (χ1n) is 8.35. The number of imidazole rings is 1. The molecule has 0 spiro atoms. The zero-order valence-electron chi connectivity index (χ0n) is 14.1. The SMILES string of the molecule is CCCS(=O)(=O)N1CCN(C(=O)Cc2ccc3[nH]c(=O)[nH]c3c2)CC1. The van der Waals surface area contributed by atoms with Gasteiger partial charge in [0.05, 0.1) is 23.2 Å². The molecule has 1 amide bonds. The molecule has 0 aliphatic carbocycles. The zero-order chi connectivity index (χ0) is 18.0. The molecule has 1 fully saturated rings. The molecule has 0 bridgehead atoms. The van der Waals surface area contributed by atoms with Crippen molar-refractivity contribution in [1.29, 1.82) is 0 Å². The molecule has 0 radical (unpaired) electrons. The van der Waals surface area contributed by atoms with Gasteiger partial charge < -0.3 is 14.9 Å². The maximum atomic E-state index is 12.5. The number of aromatic nitrogens is 2. The summed E-state index contributed by atoms with van der Waals surface area (Å²) in [6, 6.07) is 5.37. The predicted octanol–water partition coefficient (Wildman–Crippen LogP) is 0.283. The second-order valence-electron chi connectivity index (χ2n) is 6.23. The molecule has 2 aromatic rings. The number of nitrogens with zero attached hydrogens (tertiary/aromatic N) is 2. The number of nitrogens with one attached hydrogen (secondary N) is 2. The Labute approximate surface area is 145 Å². The molecule has 136 valence electrons. The average molecular weight is 366 g/mol. The van der Waals surface area contributed by atoms with Gasteiger partial charge in [-0.3, -0.25) is 4.79 Å². The highest BCUT2D eigenvalue weighted by Gasteiger charge is 2.28. The van der Waals surface area contributed by atoms with Crippen LogP contribution in [-0.4, -0.2) is 65.4 Å². The Balaban J connectivity index is 1.61. The fourth-order valence-electron chi connectivity index (χ4n) is 3.08. The fourth-order valence-corrected chi connectivity index (χ4v) is 4.57. The first kappa shape index (κ1) is 17.7. The van der Waals surface area contributed by atoms with E-state index in [1.54, 1.807) is 17.0 Å². The summed E-state index contributed by atoms with van der Waals surface area (Å²) in [5, 5.41) is 0. The minimum atomic E-state index is -3.21. The number of H-pyrrole nitrogens is 2. The smallest absolute Gasteiger partial charge is 0.323 e. The van der Waals surface area contributed by atoms with Gasteiger partial charge in [0.2, 0.25) is 15.9 Å². The molecule has 3 rings (SSSR count). The summed E-state index contributed by atoms with van der Waals surface area (Å²) >= 11 is 0. The maximum absolute atomic E-state index is 12.5. The number of hydrogen-bond donors (Lipinski definition) is 2. The van der Waals surface area contributed by atoms with Gasteiger partial charge >= 0.3 is 5.69 Å². The molecule has 0 saturated carbocycles. The van der Waals surface area contributed by atoms with Crippen LogP contribution in [0.1, 0.15) is 18.9 Å². The van der Waals surface area contributed by atoms with Gasteiger partial charge in [-0.1, -0.05) is 13.0 Å². The van der Waals surface area contributed by atoms with Crippen LogP contribution in [0.25, 0.3) is 11.0 Å². The molecule has 8 nitrogen and oxygen atoms in total. The lowest BCUT2D eigenvalue weighted by molar-refractivity contribution is -0.131. The highest BCUT2D eigenvalue weighted by Crippen LogP contribution is 2.14. The maximum Gasteiger partial charge on any atom is 0.323 e. The second-order valence-corrected chi connectivity index (χ2v) is 8.32. The highest BCUT2D eigenvalue weighted by atomic mass is 32.2. The first-order chi connectivity index (χ1) is 11.9. The van der Waals surface area contributed by atoms with E-state index in [0.717, 1.165) is 5.56 Å². The van der Waals surface area contributed by atoms with Crippen LogP contribution >= 0.6 is 0 Å². The quantitative estimate of drug-likeness (QED) is 0.793. The monoisotopic (exact) mass is 366 g/mol. The molecule has 1 aliphatic heterocycles. The number of fused-ring (bicyclic) bond motifs is 1. The van der Waals surface area contributed by atoms with Gasteiger partial charge in [0.1, 0.15) is 0 Å². The number of sulfonamides is 1. The van der Waals surface area contributed by atoms with Crippen molar-refractivity contribution in [3.05, 3.63) is 34.2 Å². The van der Waals surface area contributed by atoms with Crippen molar-refractivity contribution in [1.82, 2.24) is 19.2 Å². The van der Waals surface area contributed by atoms with Crippen molar-refractivity contribution in [2.45, 2.75) is 19.8 Å². The number of hydrogen-bond acceptors (Lipinski definition) is 4. The number of carbonyl (C=O) groups excluding carboxylic acids is 1. The number of piperazine rings is 1. The van der Waals surface area contributed by atoms with E-state index in [4.69, 9.17) is 0 Å². The van der Waals surface area contributed by atoms with Crippen LogP contribution < -0.4 is 5.69 Å². The Kier molecular flexibility index (Phi) is 4.96. The topological polar surface area (TPSA) is 106 Å². The van der Waals surface area contributed by atoms with Gasteiger partial charge in [-0.15, -0.1) is 0 Å². The summed E-state index contributed by atoms with van der Waals surface area (Å²) in [5.74, 6) is 0.111. The summed E-state index contributed by atoms with van der Waals surface area (Å²) in [6.07, 6.45) is 0.816. The Bertz CT molecular complexity index is 923. The van der Waals surface area contributed by atoms with Crippen LogP contribution in [0, 0.1) is 0 Å². The molecule has 0 unspecified atom stereocenters. The van der Waals surface area contributed by atoms with Crippen LogP contribution in [0.2, 0.25) is 0 Å². The zero-order valence-corrected chi connectivity index (χ0v) is 14.9. The lowest BCUT2D eigenvalue weighted by Gasteiger charge is -2.34. The van der Waals surface area contributed by atoms with Crippen LogP contribution in [-0.2, 0) is 21.2 Å². The number of amides is 1. The number of aromatic amines is 2. The largest absolute Gasteiger partial charge is 0.340 e. The van der Waals surface area contributed by atoms with Crippen molar-refractivity contribution < 1.29 is 13.2 Å². The summed E-state index contributed by atoms with van der Waals surface area (Å²) < 4.78 is 25.6. The highest BCUT2D eigenvalue weighted by molar-refractivity contribution is 7.89. The molecule has 25 heavy (non-hydrogen) atoms. The van der Waals surface area contributed by atoms with Gasteiger partial charge in [0, 0.05) is 26.2 Å². The fraction of sp³-hybridized carbons (Fsp3) is 0.500. The Morgan fingerprint density at radius 3 is 2.48 bits per heavy atom. The van der Waals surface area contributed by atoms with Gasteiger partial charge in [0.25, 0.3) is 0 Å². The van der Waals surface area contributed by atoms with E-state index >= 15 is 0 Å². The van der Waals surface area contributed by atoms with Crippen LogP contribution in [0.4, 0.5) is 0 Å². The Morgan fingerprint density at radius 1 is 1.12 bits per heavy atom. The van der Waals surface area contributed by atoms with Gasteiger partial charge in [-0.2, -0.15) is 4.31 Å². The summed E-state index contributed by atoms with van der Waals surface area (Å²) in [5.41, 5.74) is 1.92. The number of rotatable bonds is 5. The number of carbonyl (C=O) groups is 1. The van der Waals surface area contributed by atoms with E-state index in [2.05, 4.69) is 9.97 Å². The third kappa shape index (κ3) is 3.93. The van der Waals surface area contributed by atoms with E-state index in [-0.39, 0.29) is 23.8 Å².